The molecule has 0 bridgehead atoms. The van der Waals surface area contributed by atoms with E-state index in [-0.39, 0.29) is 22.2 Å². The van der Waals surface area contributed by atoms with Crippen molar-refractivity contribution in [3.05, 3.63) is 81.1 Å². The molecule has 0 aliphatic carbocycles. The van der Waals surface area contributed by atoms with Gasteiger partial charge in [0, 0.05) is 17.0 Å². The number of carbonyl (C=O) groups excluding carboxylic acids is 3. The maximum Gasteiger partial charge on any atom is 0.364 e. The van der Waals surface area contributed by atoms with Crippen molar-refractivity contribution in [2.75, 3.05) is 0 Å². The van der Waals surface area contributed by atoms with Gasteiger partial charge in [-0.1, -0.05) is 23.3 Å². The van der Waals surface area contributed by atoms with Crippen LogP contribution in [0.1, 0.15) is 36.6 Å². The summed E-state index contributed by atoms with van der Waals surface area (Å²) < 4.78 is 0. The van der Waals surface area contributed by atoms with Gasteiger partial charge >= 0.3 is 5.97 Å². The molecule has 2 heterocycles. The number of benzene rings is 2. The highest BCUT2D eigenvalue weighted by atomic mass is 16.7. The van der Waals surface area contributed by atoms with Crippen LogP contribution in [0.5, 0.6) is 0 Å². The number of fused-ring (bicyclic) bond motifs is 2. The molecule has 0 radical (unpaired) electrons. The Balaban J connectivity index is 1.65. The molecule has 0 saturated carbocycles. The summed E-state index contributed by atoms with van der Waals surface area (Å²) in [5, 5.41) is 1.23. The van der Waals surface area contributed by atoms with Crippen molar-refractivity contribution in [2.45, 2.75) is 6.92 Å². The molecule has 7 nitrogen and oxygen atoms in total. The van der Waals surface area contributed by atoms with Gasteiger partial charge in [-0.2, -0.15) is 0 Å². The molecule has 1 N–H and O–H groups in total. The smallest absolute Gasteiger partial charge is 0.324 e. The van der Waals surface area contributed by atoms with Crippen molar-refractivity contribution in [2.24, 2.45) is 0 Å². The third-order valence-electron chi connectivity index (χ3n) is 4.22. The number of H-pyrrole nitrogens is 1. The SMILES string of the molecule is Cc1cc(=O)[nH]c2cc(C(=O)ON3C(=O)c4ccccc4C3=O)ccc12. The summed E-state index contributed by atoms with van der Waals surface area (Å²) in [5.74, 6) is -2.25. The van der Waals surface area contributed by atoms with Crippen LogP contribution in [0.25, 0.3) is 10.9 Å². The molecule has 128 valence electrons. The Kier molecular flexibility index (Phi) is 3.43. The monoisotopic (exact) mass is 348 g/mol. The van der Waals surface area contributed by atoms with Crippen molar-refractivity contribution in [1.82, 2.24) is 10.0 Å². The molecule has 26 heavy (non-hydrogen) atoms. The van der Waals surface area contributed by atoms with Crippen molar-refractivity contribution >= 4 is 28.7 Å². The normalized spacial score (nSPS) is 13.2. The number of rotatable bonds is 2. The van der Waals surface area contributed by atoms with Crippen LogP contribution in [0.2, 0.25) is 0 Å². The number of carbonyl (C=O) groups is 3. The van der Waals surface area contributed by atoms with Gasteiger partial charge < -0.3 is 9.82 Å². The van der Waals surface area contributed by atoms with Crippen LogP contribution in [-0.4, -0.2) is 27.8 Å². The van der Waals surface area contributed by atoms with Crippen LogP contribution in [0, 0.1) is 6.92 Å². The summed E-state index contributed by atoms with van der Waals surface area (Å²) in [6.07, 6.45) is 0. The molecule has 1 aromatic heterocycles. The zero-order valence-corrected chi connectivity index (χ0v) is 13.6. The predicted octanol–water partition coefficient (Wildman–Crippen LogP) is 2.20. The van der Waals surface area contributed by atoms with E-state index in [9.17, 15) is 19.2 Å². The molecule has 0 spiro atoms. The number of pyridine rings is 1. The fourth-order valence-corrected chi connectivity index (χ4v) is 2.95. The summed E-state index contributed by atoms with van der Waals surface area (Å²) in [6.45, 7) is 1.79. The molecule has 2 amide bonds. The highest BCUT2D eigenvalue weighted by Crippen LogP contribution is 2.24. The van der Waals surface area contributed by atoms with Gasteiger partial charge in [0.2, 0.25) is 5.56 Å². The quantitative estimate of drug-likeness (QED) is 0.716. The standard InChI is InChI=1S/C19H12N2O5/c1-10-8-16(22)20-15-9-11(6-7-12(10)15)19(25)26-21-17(23)13-4-2-3-5-14(13)18(21)24/h2-9H,1H3,(H,20,22). The number of aromatic amines is 1. The van der Waals surface area contributed by atoms with Crippen LogP contribution < -0.4 is 5.56 Å². The van der Waals surface area contributed by atoms with E-state index >= 15 is 0 Å². The second kappa shape index (κ2) is 5.66. The van der Waals surface area contributed by atoms with Crippen LogP contribution in [0.3, 0.4) is 0 Å². The van der Waals surface area contributed by atoms with Gasteiger partial charge in [-0.05, 0) is 36.8 Å². The fourth-order valence-electron chi connectivity index (χ4n) is 2.95. The zero-order valence-electron chi connectivity index (χ0n) is 13.6. The lowest BCUT2D eigenvalue weighted by Gasteiger charge is -2.13. The van der Waals surface area contributed by atoms with E-state index in [1.54, 1.807) is 25.1 Å². The number of hydrogen-bond donors (Lipinski definition) is 1. The third-order valence-corrected chi connectivity index (χ3v) is 4.22. The Morgan fingerprint density at radius 2 is 1.62 bits per heavy atom. The first kappa shape index (κ1) is 15.8. The summed E-state index contributed by atoms with van der Waals surface area (Å²) in [7, 11) is 0. The first-order valence-electron chi connectivity index (χ1n) is 7.79. The topological polar surface area (TPSA) is 96.5 Å². The van der Waals surface area contributed by atoms with Crippen LogP contribution in [0.15, 0.2) is 53.3 Å². The van der Waals surface area contributed by atoms with Crippen LogP contribution in [-0.2, 0) is 4.84 Å². The van der Waals surface area contributed by atoms with E-state index in [2.05, 4.69) is 4.98 Å². The number of imide groups is 1. The Morgan fingerprint density at radius 1 is 0.962 bits per heavy atom. The lowest BCUT2D eigenvalue weighted by molar-refractivity contribution is -0.0584. The molecule has 4 rings (SSSR count). The molecule has 0 atom stereocenters. The highest BCUT2D eigenvalue weighted by Gasteiger charge is 2.38. The Labute approximate surface area is 146 Å². The van der Waals surface area contributed by atoms with Gasteiger partial charge in [0.25, 0.3) is 11.8 Å². The highest BCUT2D eigenvalue weighted by molar-refractivity contribution is 6.21. The number of amides is 2. The van der Waals surface area contributed by atoms with E-state index < -0.39 is 17.8 Å². The van der Waals surface area contributed by atoms with E-state index in [1.165, 1.54) is 30.3 Å². The summed E-state index contributed by atoms with van der Waals surface area (Å²) >= 11 is 0. The number of aromatic nitrogens is 1. The summed E-state index contributed by atoms with van der Waals surface area (Å²) in [5.41, 5.74) is 1.42. The Bertz CT molecular complexity index is 1130. The minimum Gasteiger partial charge on any atom is -0.324 e. The zero-order chi connectivity index (χ0) is 18.4. The van der Waals surface area contributed by atoms with E-state index in [0.29, 0.717) is 10.6 Å². The minimum atomic E-state index is -0.872. The predicted molar refractivity (Wildman–Crippen MR) is 91.7 cm³/mol. The fraction of sp³-hybridized carbons (Fsp3) is 0.0526. The molecule has 1 aliphatic heterocycles. The van der Waals surface area contributed by atoms with Crippen LogP contribution in [0.4, 0.5) is 0 Å². The second-order valence-electron chi connectivity index (χ2n) is 5.91. The number of aryl methyl sites for hydroxylation is 1. The van der Waals surface area contributed by atoms with Gasteiger partial charge in [0.1, 0.15) is 0 Å². The first-order chi connectivity index (χ1) is 12.5. The van der Waals surface area contributed by atoms with E-state index in [4.69, 9.17) is 4.84 Å². The van der Waals surface area contributed by atoms with Crippen molar-refractivity contribution in [3.63, 3.8) is 0 Å². The molecular weight excluding hydrogens is 336 g/mol. The lowest BCUT2D eigenvalue weighted by Crippen LogP contribution is -2.32. The molecule has 1 aliphatic rings. The number of nitrogens with zero attached hydrogens (tertiary/aromatic N) is 1. The molecule has 0 fully saturated rings. The molecule has 3 aromatic rings. The molecular formula is C19H12N2O5. The van der Waals surface area contributed by atoms with Crippen LogP contribution >= 0.6 is 0 Å². The second-order valence-corrected chi connectivity index (χ2v) is 5.91. The maximum absolute atomic E-state index is 12.4. The average Bonchev–Trinajstić information content (AvgIpc) is 2.86. The van der Waals surface area contributed by atoms with E-state index in [0.717, 1.165) is 10.9 Å². The van der Waals surface area contributed by atoms with Gasteiger partial charge in [-0.15, -0.1) is 0 Å². The summed E-state index contributed by atoms with van der Waals surface area (Å²) in [4.78, 5) is 56.2. The van der Waals surface area contributed by atoms with Gasteiger partial charge in [0.15, 0.2) is 0 Å². The number of nitrogens with one attached hydrogen (secondary N) is 1. The van der Waals surface area contributed by atoms with Crippen molar-refractivity contribution < 1.29 is 19.2 Å². The van der Waals surface area contributed by atoms with Gasteiger partial charge in [-0.3, -0.25) is 14.4 Å². The molecule has 0 unspecified atom stereocenters. The minimum absolute atomic E-state index is 0.107. The third kappa shape index (κ3) is 2.37. The number of hydrogen-bond acceptors (Lipinski definition) is 5. The molecule has 7 heteroatoms. The summed E-state index contributed by atoms with van der Waals surface area (Å²) in [6, 6.07) is 12.3. The first-order valence-corrected chi connectivity index (χ1v) is 7.79. The van der Waals surface area contributed by atoms with Crippen molar-refractivity contribution in [1.29, 1.82) is 0 Å². The van der Waals surface area contributed by atoms with E-state index in [1.807, 2.05) is 0 Å². The number of hydroxylamine groups is 2. The largest absolute Gasteiger partial charge is 0.364 e. The van der Waals surface area contributed by atoms with Gasteiger partial charge in [-0.25, -0.2) is 4.79 Å². The van der Waals surface area contributed by atoms with Crippen molar-refractivity contribution in [3.8, 4) is 0 Å². The molecule has 0 saturated heterocycles. The Morgan fingerprint density at radius 3 is 2.27 bits per heavy atom. The molecule has 2 aromatic carbocycles. The Hall–Kier alpha value is -3.74. The lowest BCUT2D eigenvalue weighted by atomic mass is 10.1. The van der Waals surface area contributed by atoms with Gasteiger partial charge in [0.05, 0.1) is 16.7 Å². The maximum atomic E-state index is 12.4. The average molecular weight is 348 g/mol.